The van der Waals surface area contributed by atoms with Crippen LogP contribution in [0.3, 0.4) is 0 Å². The third-order valence-corrected chi connectivity index (χ3v) is 4.27. The zero-order valence-corrected chi connectivity index (χ0v) is 15.3. The maximum absolute atomic E-state index is 12.1. The number of halogens is 2. The molecule has 1 heterocycles. The summed E-state index contributed by atoms with van der Waals surface area (Å²) in [7, 11) is 0. The second kappa shape index (κ2) is 9.39. The number of pyridine rings is 1. The molecule has 1 N–H and O–H groups in total. The van der Waals surface area contributed by atoms with E-state index >= 15 is 0 Å². The van der Waals surface area contributed by atoms with Crippen molar-refractivity contribution in [3.8, 4) is 0 Å². The lowest BCUT2D eigenvalue weighted by Gasteiger charge is -2.21. The van der Waals surface area contributed by atoms with E-state index in [1.807, 2.05) is 18.2 Å². The average Bonchev–Trinajstić information content (AvgIpc) is 2.58. The van der Waals surface area contributed by atoms with Gasteiger partial charge < -0.3 is 10.2 Å². The third-order valence-electron chi connectivity index (χ3n) is 3.69. The smallest absolute Gasteiger partial charge is 0.239 e. The van der Waals surface area contributed by atoms with E-state index in [9.17, 15) is 9.59 Å². The van der Waals surface area contributed by atoms with E-state index in [4.69, 9.17) is 23.2 Å². The van der Waals surface area contributed by atoms with Gasteiger partial charge in [0.15, 0.2) is 0 Å². The number of amides is 2. The van der Waals surface area contributed by atoms with E-state index in [0.29, 0.717) is 29.6 Å². The molecule has 1 aromatic heterocycles. The molecule has 0 saturated carbocycles. The fourth-order valence-corrected chi connectivity index (χ4v) is 2.76. The van der Waals surface area contributed by atoms with Crippen molar-refractivity contribution in [3.63, 3.8) is 0 Å². The van der Waals surface area contributed by atoms with Crippen LogP contribution in [0.25, 0.3) is 0 Å². The molecule has 25 heavy (non-hydrogen) atoms. The zero-order chi connectivity index (χ0) is 18.2. The van der Waals surface area contributed by atoms with Gasteiger partial charge in [0.1, 0.15) is 0 Å². The Morgan fingerprint density at radius 1 is 1.16 bits per heavy atom. The molecule has 132 valence electrons. The minimum absolute atomic E-state index is 0.00558. The summed E-state index contributed by atoms with van der Waals surface area (Å²) in [5.74, 6) is -0.377. The van der Waals surface area contributed by atoms with Gasteiger partial charge in [-0.25, -0.2) is 0 Å². The molecule has 0 fully saturated rings. The molecule has 0 atom stereocenters. The molecular weight excluding hydrogens is 361 g/mol. The van der Waals surface area contributed by atoms with Crippen LogP contribution in [-0.4, -0.2) is 34.8 Å². The highest BCUT2D eigenvalue weighted by Crippen LogP contribution is 2.21. The first-order valence-electron chi connectivity index (χ1n) is 7.80. The summed E-state index contributed by atoms with van der Waals surface area (Å²) < 4.78 is 0. The van der Waals surface area contributed by atoms with Crippen LogP contribution >= 0.6 is 23.2 Å². The molecule has 7 heteroatoms. The fourth-order valence-electron chi connectivity index (χ4n) is 2.26. The Hall–Kier alpha value is -2.11. The van der Waals surface area contributed by atoms with Gasteiger partial charge in [-0.05, 0) is 41.8 Å². The van der Waals surface area contributed by atoms with Crippen LogP contribution in [0.2, 0.25) is 10.0 Å². The highest BCUT2D eigenvalue weighted by molar-refractivity contribution is 6.35. The van der Waals surface area contributed by atoms with Crippen molar-refractivity contribution in [2.75, 3.05) is 13.1 Å². The summed E-state index contributed by atoms with van der Waals surface area (Å²) in [5.41, 5.74) is 1.83. The van der Waals surface area contributed by atoms with E-state index in [1.165, 1.54) is 11.8 Å². The van der Waals surface area contributed by atoms with Crippen molar-refractivity contribution < 1.29 is 9.59 Å². The highest BCUT2D eigenvalue weighted by atomic mass is 35.5. The van der Waals surface area contributed by atoms with Crippen LogP contribution in [0.15, 0.2) is 42.7 Å². The second-order valence-electron chi connectivity index (χ2n) is 5.56. The van der Waals surface area contributed by atoms with Crippen molar-refractivity contribution >= 4 is 35.0 Å². The average molecular weight is 380 g/mol. The molecule has 0 aliphatic heterocycles. The van der Waals surface area contributed by atoms with Crippen LogP contribution in [-0.2, 0) is 22.6 Å². The lowest BCUT2D eigenvalue weighted by Crippen LogP contribution is -2.40. The van der Waals surface area contributed by atoms with Gasteiger partial charge >= 0.3 is 0 Å². The van der Waals surface area contributed by atoms with Crippen LogP contribution in [0, 0.1) is 0 Å². The van der Waals surface area contributed by atoms with Gasteiger partial charge in [-0.1, -0.05) is 29.3 Å². The predicted octanol–water partition coefficient (Wildman–Crippen LogP) is 3.10. The molecule has 2 aromatic rings. The number of benzene rings is 1. The summed E-state index contributed by atoms with van der Waals surface area (Å²) in [6.45, 7) is 2.25. The summed E-state index contributed by atoms with van der Waals surface area (Å²) >= 11 is 12.0. The van der Waals surface area contributed by atoms with Gasteiger partial charge in [-0.3, -0.25) is 14.6 Å². The first-order chi connectivity index (χ1) is 12.0. The standard InChI is InChI=1S/C18H19Cl2N3O2/c1-13(24)23(9-6-15-2-3-16(19)10-17(15)20)12-18(25)22-11-14-4-7-21-8-5-14/h2-5,7-8,10H,6,9,11-12H2,1H3,(H,22,25). The predicted molar refractivity (Wildman–Crippen MR) is 98.5 cm³/mol. The molecule has 0 bridgehead atoms. The normalized spacial score (nSPS) is 10.4. The van der Waals surface area contributed by atoms with Crippen molar-refractivity contribution in [1.29, 1.82) is 0 Å². The first-order valence-corrected chi connectivity index (χ1v) is 8.56. The largest absolute Gasteiger partial charge is 0.350 e. The Morgan fingerprint density at radius 3 is 2.52 bits per heavy atom. The Morgan fingerprint density at radius 2 is 1.88 bits per heavy atom. The van der Waals surface area contributed by atoms with E-state index < -0.39 is 0 Å². The van der Waals surface area contributed by atoms with E-state index in [1.54, 1.807) is 24.5 Å². The summed E-state index contributed by atoms with van der Waals surface area (Å²) in [4.78, 5) is 29.3. The van der Waals surface area contributed by atoms with Crippen LogP contribution < -0.4 is 5.32 Å². The molecule has 1 aromatic carbocycles. The Kier molecular flexibility index (Phi) is 7.22. The second-order valence-corrected chi connectivity index (χ2v) is 6.40. The van der Waals surface area contributed by atoms with Crippen LogP contribution in [0.4, 0.5) is 0 Å². The molecule has 0 aliphatic rings. The maximum atomic E-state index is 12.1. The highest BCUT2D eigenvalue weighted by Gasteiger charge is 2.14. The van der Waals surface area contributed by atoms with Gasteiger partial charge in [-0.2, -0.15) is 0 Å². The van der Waals surface area contributed by atoms with E-state index in [0.717, 1.165) is 11.1 Å². The molecule has 0 radical (unpaired) electrons. The van der Waals surface area contributed by atoms with E-state index in [2.05, 4.69) is 10.3 Å². The Balaban J connectivity index is 1.87. The van der Waals surface area contributed by atoms with Gasteiger partial charge in [0.05, 0.1) is 6.54 Å². The number of nitrogens with one attached hydrogen (secondary N) is 1. The van der Waals surface area contributed by atoms with Gasteiger partial charge in [-0.15, -0.1) is 0 Å². The Labute approximate surface area is 157 Å². The minimum atomic E-state index is -0.214. The molecule has 5 nitrogen and oxygen atoms in total. The molecule has 0 spiro atoms. The van der Waals surface area contributed by atoms with Gasteiger partial charge in [0.25, 0.3) is 0 Å². The lowest BCUT2D eigenvalue weighted by atomic mass is 10.1. The number of carbonyl (C=O) groups is 2. The SMILES string of the molecule is CC(=O)N(CCc1ccc(Cl)cc1Cl)CC(=O)NCc1ccncc1. The van der Waals surface area contributed by atoms with Crippen molar-refractivity contribution in [1.82, 2.24) is 15.2 Å². The molecule has 0 saturated heterocycles. The molecular formula is C18H19Cl2N3O2. The van der Waals surface area contributed by atoms with Crippen molar-refractivity contribution in [3.05, 3.63) is 63.9 Å². The van der Waals surface area contributed by atoms with Crippen molar-refractivity contribution in [2.45, 2.75) is 19.9 Å². The fraction of sp³-hybridized carbons (Fsp3) is 0.278. The van der Waals surface area contributed by atoms with Gasteiger partial charge in [0, 0.05) is 42.5 Å². The number of carbonyl (C=O) groups excluding carboxylic acids is 2. The summed E-state index contributed by atoms with van der Waals surface area (Å²) in [5, 5.41) is 3.91. The minimum Gasteiger partial charge on any atom is -0.350 e. The number of nitrogens with zero attached hydrogens (tertiary/aromatic N) is 2. The maximum Gasteiger partial charge on any atom is 0.239 e. The lowest BCUT2D eigenvalue weighted by molar-refractivity contribution is -0.134. The first kappa shape index (κ1) is 19.2. The Bertz CT molecular complexity index is 738. The molecule has 2 amide bonds. The molecule has 0 unspecified atom stereocenters. The molecule has 0 aliphatic carbocycles. The quantitative estimate of drug-likeness (QED) is 0.803. The molecule has 2 rings (SSSR count). The third kappa shape index (κ3) is 6.36. The zero-order valence-electron chi connectivity index (χ0n) is 13.8. The number of hydrogen-bond acceptors (Lipinski definition) is 3. The van der Waals surface area contributed by atoms with Gasteiger partial charge in [0.2, 0.25) is 11.8 Å². The summed E-state index contributed by atoms with van der Waals surface area (Å²) in [6.07, 6.45) is 3.88. The van der Waals surface area contributed by atoms with Crippen LogP contribution in [0.1, 0.15) is 18.1 Å². The topological polar surface area (TPSA) is 62.3 Å². The van der Waals surface area contributed by atoms with Crippen molar-refractivity contribution in [2.24, 2.45) is 0 Å². The van der Waals surface area contributed by atoms with Crippen LogP contribution in [0.5, 0.6) is 0 Å². The number of hydrogen-bond donors (Lipinski definition) is 1. The summed E-state index contributed by atoms with van der Waals surface area (Å²) in [6, 6.07) is 8.89. The number of aromatic nitrogens is 1. The number of rotatable bonds is 7. The van der Waals surface area contributed by atoms with E-state index in [-0.39, 0.29) is 18.4 Å². The monoisotopic (exact) mass is 379 g/mol.